The fourth-order valence-electron chi connectivity index (χ4n) is 1.68. The highest BCUT2D eigenvalue weighted by molar-refractivity contribution is 6.25. The van der Waals surface area contributed by atoms with Crippen LogP contribution in [0.15, 0.2) is 45.6 Å². The standard InChI is InChI=1S/C15H12ClF3N4O3/c16-6-1-9-25-21-8-7-20-13(24)11-4-2-10(3-5-11)12-22-14(26-23-12)15(17,18)19/h1-6,8H,7,9H2,(H,20,24). The van der Waals surface area contributed by atoms with Crippen molar-refractivity contribution in [2.24, 2.45) is 5.16 Å². The second kappa shape index (κ2) is 8.99. The molecule has 1 aromatic carbocycles. The van der Waals surface area contributed by atoms with Gasteiger partial charge >= 0.3 is 12.1 Å². The third-order valence-electron chi connectivity index (χ3n) is 2.84. The number of nitrogens with one attached hydrogen (secondary N) is 1. The van der Waals surface area contributed by atoms with Crippen LogP contribution in [-0.2, 0) is 11.0 Å². The first-order valence-electron chi connectivity index (χ1n) is 7.10. The van der Waals surface area contributed by atoms with Crippen LogP contribution in [0, 0.1) is 0 Å². The number of carbonyl (C=O) groups is 1. The lowest BCUT2D eigenvalue weighted by molar-refractivity contribution is -0.159. The molecule has 2 rings (SSSR count). The van der Waals surface area contributed by atoms with Gasteiger partial charge in [0.25, 0.3) is 5.91 Å². The minimum absolute atomic E-state index is 0.130. The summed E-state index contributed by atoms with van der Waals surface area (Å²) in [5, 5.41) is 9.41. The molecule has 1 heterocycles. The molecule has 0 fully saturated rings. The zero-order chi connectivity index (χ0) is 19.0. The molecular formula is C15H12ClF3N4O3. The lowest BCUT2D eigenvalue weighted by atomic mass is 10.1. The topological polar surface area (TPSA) is 89.6 Å². The van der Waals surface area contributed by atoms with E-state index in [1.807, 2.05) is 0 Å². The number of carbonyl (C=O) groups excluding carboxylic acids is 1. The van der Waals surface area contributed by atoms with Crippen LogP contribution in [0.5, 0.6) is 0 Å². The number of aromatic nitrogens is 2. The summed E-state index contributed by atoms with van der Waals surface area (Å²) < 4.78 is 41.5. The maximum absolute atomic E-state index is 12.4. The number of rotatable bonds is 7. The average Bonchev–Trinajstić information content (AvgIpc) is 3.11. The van der Waals surface area contributed by atoms with E-state index in [9.17, 15) is 18.0 Å². The molecular weight excluding hydrogens is 377 g/mol. The summed E-state index contributed by atoms with van der Waals surface area (Å²) in [6, 6.07) is 5.67. The highest BCUT2D eigenvalue weighted by Gasteiger charge is 2.38. The molecule has 11 heteroatoms. The Bertz CT molecular complexity index is 788. The van der Waals surface area contributed by atoms with E-state index in [2.05, 4.69) is 25.1 Å². The number of amides is 1. The van der Waals surface area contributed by atoms with Gasteiger partial charge < -0.3 is 14.7 Å². The molecule has 0 atom stereocenters. The summed E-state index contributed by atoms with van der Waals surface area (Å²) in [6.45, 7) is 0.340. The quantitative estimate of drug-likeness (QED) is 0.447. The van der Waals surface area contributed by atoms with Gasteiger partial charge in [-0.15, -0.1) is 0 Å². The predicted octanol–water partition coefficient (Wildman–Crippen LogP) is 3.24. The fourth-order valence-corrected chi connectivity index (χ4v) is 1.75. The molecule has 2 aromatic rings. The van der Waals surface area contributed by atoms with E-state index in [1.165, 1.54) is 36.0 Å². The van der Waals surface area contributed by atoms with E-state index in [0.717, 1.165) is 0 Å². The molecule has 0 saturated carbocycles. The highest BCUT2D eigenvalue weighted by atomic mass is 35.5. The van der Waals surface area contributed by atoms with Gasteiger partial charge in [0, 0.05) is 16.7 Å². The Morgan fingerprint density at radius 3 is 2.69 bits per heavy atom. The van der Waals surface area contributed by atoms with Crippen LogP contribution in [0.3, 0.4) is 0 Å². The van der Waals surface area contributed by atoms with E-state index in [-0.39, 0.29) is 24.5 Å². The van der Waals surface area contributed by atoms with Gasteiger partial charge in [-0.2, -0.15) is 18.2 Å². The molecule has 138 valence electrons. The van der Waals surface area contributed by atoms with Crippen LogP contribution in [0.25, 0.3) is 11.4 Å². The normalized spacial score (nSPS) is 12.0. The zero-order valence-electron chi connectivity index (χ0n) is 13.0. The van der Waals surface area contributed by atoms with Gasteiger partial charge in [-0.05, 0) is 18.2 Å². The van der Waals surface area contributed by atoms with Gasteiger partial charge in [-0.25, -0.2) is 0 Å². The van der Waals surface area contributed by atoms with Crippen molar-refractivity contribution in [3.05, 3.63) is 47.3 Å². The summed E-state index contributed by atoms with van der Waals surface area (Å²) in [4.78, 5) is 20.0. The average molecular weight is 389 g/mol. The number of oxime groups is 1. The number of hydrogen-bond donors (Lipinski definition) is 1. The molecule has 7 nitrogen and oxygen atoms in total. The Hall–Kier alpha value is -2.88. The van der Waals surface area contributed by atoms with Crippen LogP contribution < -0.4 is 5.32 Å². The first kappa shape index (κ1) is 19.4. The molecule has 0 bridgehead atoms. The molecule has 0 radical (unpaired) electrons. The van der Waals surface area contributed by atoms with Crippen LogP contribution in [0.1, 0.15) is 16.2 Å². The number of benzene rings is 1. The van der Waals surface area contributed by atoms with Crippen molar-refractivity contribution in [1.29, 1.82) is 0 Å². The second-order valence-electron chi connectivity index (χ2n) is 4.65. The molecule has 0 aliphatic carbocycles. The largest absolute Gasteiger partial charge is 0.471 e. The monoisotopic (exact) mass is 388 g/mol. The van der Waals surface area contributed by atoms with Gasteiger partial charge in [0.05, 0.1) is 12.8 Å². The first-order valence-corrected chi connectivity index (χ1v) is 7.54. The summed E-state index contributed by atoms with van der Waals surface area (Å²) >= 11 is 5.29. The Kier molecular flexibility index (Phi) is 6.73. The first-order chi connectivity index (χ1) is 12.4. The number of hydrogen-bond acceptors (Lipinski definition) is 6. The molecule has 0 aliphatic heterocycles. The molecule has 0 spiro atoms. The van der Waals surface area contributed by atoms with Crippen molar-refractivity contribution in [3.63, 3.8) is 0 Å². The Morgan fingerprint density at radius 2 is 2.08 bits per heavy atom. The molecule has 0 aliphatic rings. The molecule has 0 saturated heterocycles. The third kappa shape index (κ3) is 5.59. The van der Waals surface area contributed by atoms with Crippen molar-refractivity contribution in [2.45, 2.75) is 6.18 Å². The van der Waals surface area contributed by atoms with Gasteiger partial charge in [0.1, 0.15) is 6.61 Å². The SMILES string of the molecule is O=C(NCC=NOCC=CCl)c1ccc(-c2noc(C(F)(F)F)n2)cc1. The van der Waals surface area contributed by atoms with Crippen LogP contribution >= 0.6 is 11.6 Å². The van der Waals surface area contributed by atoms with Gasteiger partial charge in [-0.3, -0.25) is 4.79 Å². The Balaban J connectivity index is 1.90. The molecule has 1 N–H and O–H groups in total. The minimum atomic E-state index is -4.71. The lowest BCUT2D eigenvalue weighted by Crippen LogP contribution is -2.25. The van der Waals surface area contributed by atoms with E-state index >= 15 is 0 Å². The van der Waals surface area contributed by atoms with Crippen molar-refractivity contribution in [2.75, 3.05) is 13.2 Å². The van der Waals surface area contributed by atoms with Crippen molar-refractivity contribution < 1.29 is 27.3 Å². The second-order valence-corrected chi connectivity index (χ2v) is 4.91. The molecule has 26 heavy (non-hydrogen) atoms. The van der Waals surface area contributed by atoms with Crippen molar-refractivity contribution in [1.82, 2.24) is 15.5 Å². The van der Waals surface area contributed by atoms with Crippen molar-refractivity contribution >= 4 is 23.7 Å². The zero-order valence-corrected chi connectivity index (χ0v) is 13.8. The number of nitrogens with zero attached hydrogens (tertiary/aromatic N) is 3. The molecule has 1 aromatic heterocycles. The molecule has 0 unspecified atom stereocenters. The predicted molar refractivity (Wildman–Crippen MR) is 86.5 cm³/mol. The maximum Gasteiger partial charge on any atom is 0.471 e. The van der Waals surface area contributed by atoms with E-state index in [4.69, 9.17) is 16.4 Å². The van der Waals surface area contributed by atoms with E-state index in [1.54, 1.807) is 6.08 Å². The summed E-state index contributed by atoms with van der Waals surface area (Å²) in [5.74, 6) is -2.05. The lowest BCUT2D eigenvalue weighted by Gasteiger charge is -2.02. The van der Waals surface area contributed by atoms with E-state index in [0.29, 0.717) is 5.56 Å². The number of alkyl halides is 3. The molecule has 1 amide bonds. The summed E-state index contributed by atoms with van der Waals surface area (Å²) in [6.07, 6.45) is -1.82. The minimum Gasteiger partial charge on any atom is -0.392 e. The van der Waals surface area contributed by atoms with Crippen LogP contribution in [-0.4, -0.2) is 35.4 Å². The van der Waals surface area contributed by atoms with Gasteiger partial charge in [0.15, 0.2) is 0 Å². The smallest absolute Gasteiger partial charge is 0.392 e. The summed E-state index contributed by atoms with van der Waals surface area (Å²) in [7, 11) is 0. The van der Waals surface area contributed by atoms with Crippen LogP contribution in [0.2, 0.25) is 0 Å². The fraction of sp³-hybridized carbons (Fsp3) is 0.200. The van der Waals surface area contributed by atoms with Gasteiger partial charge in [-0.1, -0.05) is 34.0 Å². The number of halogens is 4. The third-order valence-corrected chi connectivity index (χ3v) is 3.01. The van der Waals surface area contributed by atoms with Crippen molar-refractivity contribution in [3.8, 4) is 11.4 Å². The van der Waals surface area contributed by atoms with E-state index < -0.39 is 18.0 Å². The maximum atomic E-state index is 12.4. The van der Waals surface area contributed by atoms with Crippen LogP contribution in [0.4, 0.5) is 13.2 Å². The Morgan fingerprint density at radius 1 is 1.35 bits per heavy atom. The van der Waals surface area contributed by atoms with Gasteiger partial charge in [0.2, 0.25) is 5.82 Å². The summed E-state index contributed by atoms with van der Waals surface area (Å²) in [5.41, 5.74) is 1.87. The highest BCUT2D eigenvalue weighted by Crippen LogP contribution is 2.29. The Labute approximate surface area is 150 Å².